The van der Waals surface area contributed by atoms with Crippen LogP contribution >= 0.6 is 11.3 Å². The van der Waals surface area contributed by atoms with Gasteiger partial charge in [0.05, 0.1) is 12.8 Å². The second-order valence-electron chi connectivity index (χ2n) is 4.94. The number of thiazole rings is 1. The van der Waals surface area contributed by atoms with E-state index in [0.29, 0.717) is 0 Å². The minimum atomic E-state index is 0.855. The van der Waals surface area contributed by atoms with E-state index < -0.39 is 0 Å². The Hall–Kier alpha value is -2.33. The third kappa shape index (κ3) is 3.28. The van der Waals surface area contributed by atoms with Crippen LogP contribution in [-0.4, -0.2) is 12.1 Å². The first-order valence-corrected chi connectivity index (χ1v) is 8.12. The summed E-state index contributed by atoms with van der Waals surface area (Å²) in [5.74, 6) is 0.855. The van der Waals surface area contributed by atoms with Crippen LogP contribution < -0.4 is 10.1 Å². The molecule has 1 N–H and O–H groups in total. The number of benzene rings is 2. The molecular weight excluding hydrogens is 292 g/mol. The predicted molar refractivity (Wildman–Crippen MR) is 93.2 cm³/mol. The molecule has 0 aliphatic carbocycles. The Morgan fingerprint density at radius 2 is 1.77 bits per heavy atom. The maximum absolute atomic E-state index is 5.18. The van der Waals surface area contributed by atoms with Crippen LogP contribution in [0.3, 0.4) is 0 Å². The molecular formula is C18H18N2OS. The minimum absolute atomic E-state index is 0.855. The van der Waals surface area contributed by atoms with Crippen LogP contribution in [0.5, 0.6) is 5.75 Å². The quantitative estimate of drug-likeness (QED) is 0.710. The standard InChI is InChI=1S/C18H18N2OS/c1-3-13-4-8-15(9-5-13)19-18-20-17(12-22-18)14-6-10-16(21-2)11-7-14/h4-12H,3H2,1-2H3,(H,19,20). The molecule has 0 unspecified atom stereocenters. The monoisotopic (exact) mass is 310 g/mol. The molecule has 3 aromatic rings. The summed E-state index contributed by atoms with van der Waals surface area (Å²) in [6.07, 6.45) is 1.05. The van der Waals surface area contributed by atoms with Crippen molar-refractivity contribution in [3.63, 3.8) is 0 Å². The molecule has 0 atom stereocenters. The van der Waals surface area contributed by atoms with Crippen molar-refractivity contribution >= 4 is 22.2 Å². The molecule has 0 saturated carbocycles. The van der Waals surface area contributed by atoms with Gasteiger partial charge in [0.25, 0.3) is 0 Å². The summed E-state index contributed by atoms with van der Waals surface area (Å²) in [4.78, 5) is 4.64. The van der Waals surface area contributed by atoms with Gasteiger partial charge in [0.15, 0.2) is 5.13 Å². The number of ether oxygens (including phenoxy) is 1. The van der Waals surface area contributed by atoms with E-state index in [1.807, 2.05) is 24.3 Å². The maximum atomic E-state index is 5.18. The minimum Gasteiger partial charge on any atom is -0.497 e. The van der Waals surface area contributed by atoms with Crippen molar-refractivity contribution in [3.05, 3.63) is 59.5 Å². The van der Waals surface area contributed by atoms with Crippen LogP contribution in [0.4, 0.5) is 10.8 Å². The van der Waals surface area contributed by atoms with Crippen molar-refractivity contribution in [3.8, 4) is 17.0 Å². The van der Waals surface area contributed by atoms with Gasteiger partial charge in [0, 0.05) is 16.6 Å². The second-order valence-corrected chi connectivity index (χ2v) is 5.80. The van der Waals surface area contributed by atoms with Gasteiger partial charge in [-0.1, -0.05) is 19.1 Å². The van der Waals surface area contributed by atoms with Gasteiger partial charge in [-0.2, -0.15) is 0 Å². The fourth-order valence-corrected chi connectivity index (χ4v) is 2.91. The number of aryl methyl sites for hydroxylation is 1. The smallest absolute Gasteiger partial charge is 0.187 e. The van der Waals surface area contributed by atoms with E-state index in [-0.39, 0.29) is 0 Å². The van der Waals surface area contributed by atoms with Crippen LogP contribution in [0.2, 0.25) is 0 Å². The zero-order valence-corrected chi connectivity index (χ0v) is 13.5. The van der Waals surface area contributed by atoms with Crippen molar-refractivity contribution in [2.75, 3.05) is 12.4 Å². The van der Waals surface area contributed by atoms with Gasteiger partial charge < -0.3 is 10.1 Å². The fourth-order valence-electron chi connectivity index (χ4n) is 2.17. The van der Waals surface area contributed by atoms with Gasteiger partial charge in [-0.25, -0.2) is 4.98 Å². The van der Waals surface area contributed by atoms with Crippen molar-refractivity contribution in [1.82, 2.24) is 4.98 Å². The van der Waals surface area contributed by atoms with Crippen molar-refractivity contribution < 1.29 is 4.74 Å². The van der Waals surface area contributed by atoms with Gasteiger partial charge in [-0.05, 0) is 48.4 Å². The third-order valence-corrected chi connectivity index (χ3v) is 4.26. The highest BCUT2D eigenvalue weighted by Crippen LogP contribution is 2.28. The molecule has 112 valence electrons. The van der Waals surface area contributed by atoms with E-state index in [4.69, 9.17) is 4.74 Å². The van der Waals surface area contributed by atoms with Gasteiger partial charge in [-0.3, -0.25) is 0 Å². The molecule has 0 aliphatic heterocycles. The van der Waals surface area contributed by atoms with Gasteiger partial charge in [0.2, 0.25) is 0 Å². The summed E-state index contributed by atoms with van der Waals surface area (Å²) in [5.41, 5.74) is 4.46. The number of hydrogen-bond acceptors (Lipinski definition) is 4. The Balaban J connectivity index is 1.74. The average Bonchev–Trinajstić information content (AvgIpc) is 3.04. The summed E-state index contributed by atoms with van der Waals surface area (Å²) in [7, 11) is 1.67. The van der Waals surface area contributed by atoms with Crippen molar-refractivity contribution in [2.24, 2.45) is 0 Å². The van der Waals surface area contributed by atoms with Crippen LogP contribution in [0.15, 0.2) is 53.9 Å². The van der Waals surface area contributed by atoms with Crippen molar-refractivity contribution in [2.45, 2.75) is 13.3 Å². The summed E-state index contributed by atoms with van der Waals surface area (Å²) < 4.78 is 5.18. The van der Waals surface area contributed by atoms with Gasteiger partial charge in [0.1, 0.15) is 5.75 Å². The highest BCUT2D eigenvalue weighted by Gasteiger charge is 2.05. The highest BCUT2D eigenvalue weighted by atomic mass is 32.1. The topological polar surface area (TPSA) is 34.2 Å². The summed E-state index contributed by atoms with van der Waals surface area (Å²) >= 11 is 1.61. The zero-order valence-electron chi connectivity index (χ0n) is 12.7. The third-order valence-electron chi connectivity index (χ3n) is 3.50. The van der Waals surface area contributed by atoms with Gasteiger partial charge >= 0.3 is 0 Å². The molecule has 1 aromatic heterocycles. The molecule has 0 bridgehead atoms. The van der Waals surface area contributed by atoms with Crippen LogP contribution in [0.25, 0.3) is 11.3 Å². The van der Waals surface area contributed by atoms with Crippen LogP contribution in [0, 0.1) is 0 Å². The number of nitrogens with zero attached hydrogens (tertiary/aromatic N) is 1. The predicted octanol–water partition coefficient (Wildman–Crippen LogP) is 5.12. The zero-order chi connectivity index (χ0) is 15.4. The average molecular weight is 310 g/mol. The lowest BCUT2D eigenvalue weighted by Gasteiger charge is -2.03. The van der Waals surface area contributed by atoms with E-state index in [1.54, 1.807) is 18.4 Å². The van der Waals surface area contributed by atoms with Gasteiger partial charge in [-0.15, -0.1) is 11.3 Å². The Kier molecular flexibility index (Phi) is 4.39. The molecule has 0 aliphatic rings. The molecule has 0 radical (unpaired) electrons. The first-order valence-electron chi connectivity index (χ1n) is 7.24. The van der Waals surface area contributed by atoms with E-state index >= 15 is 0 Å². The normalized spacial score (nSPS) is 10.5. The molecule has 22 heavy (non-hydrogen) atoms. The molecule has 3 nitrogen and oxygen atoms in total. The summed E-state index contributed by atoms with van der Waals surface area (Å²) in [6, 6.07) is 16.4. The second kappa shape index (κ2) is 6.62. The number of aromatic nitrogens is 1. The SMILES string of the molecule is CCc1ccc(Nc2nc(-c3ccc(OC)cc3)cs2)cc1. The Labute approximate surface area is 134 Å². The first-order chi connectivity index (χ1) is 10.8. The number of hydrogen-bond donors (Lipinski definition) is 1. The van der Waals surface area contributed by atoms with E-state index in [2.05, 4.69) is 46.9 Å². The highest BCUT2D eigenvalue weighted by molar-refractivity contribution is 7.14. The lowest BCUT2D eigenvalue weighted by molar-refractivity contribution is 0.415. The lowest BCUT2D eigenvalue weighted by atomic mass is 10.1. The molecule has 0 fully saturated rings. The van der Waals surface area contributed by atoms with Crippen LogP contribution in [0.1, 0.15) is 12.5 Å². The number of nitrogens with one attached hydrogen (secondary N) is 1. The van der Waals surface area contributed by atoms with Crippen molar-refractivity contribution in [1.29, 1.82) is 0 Å². The Morgan fingerprint density at radius 3 is 2.41 bits per heavy atom. The molecule has 4 heteroatoms. The lowest BCUT2D eigenvalue weighted by Crippen LogP contribution is -1.90. The molecule has 2 aromatic carbocycles. The maximum Gasteiger partial charge on any atom is 0.187 e. The van der Waals surface area contributed by atoms with E-state index in [1.165, 1.54) is 5.56 Å². The first kappa shape index (κ1) is 14.6. The largest absolute Gasteiger partial charge is 0.497 e. The van der Waals surface area contributed by atoms with E-state index in [0.717, 1.165) is 34.2 Å². The molecule has 0 saturated heterocycles. The fraction of sp³-hybridized carbons (Fsp3) is 0.167. The molecule has 3 rings (SSSR count). The Bertz CT molecular complexity index is 733. The molecule has 0 amide bonds. The number of methoxy groups -OCH3 is 1. The number of anilines is 2. The van der Waals surface area contributed by atoms with E-state index in [9.17, 15) is 0 Å². The summed E-state index contributed by atoms with van der Waals surface area (Å²) in [6.45, 7) is 2.16. The Morgan fingerprint density at radius 1 is 1.05 bits per heavy atom. The molecule has 1 heterocycles. The van der Waals surface area contributed by atoms with Crippen LogP contribution in [-0.2, 0) is 6.42 Å². The molecule has 0 spiro atoms. The number of rotatable bonds is 5. The summed E-state index contributed by atoms with van der Waals surface area (Å²) in [5, 5.41) is 6.31.